The Bertz CT molecular complexity index is 973. The molecule has 0 saturated heterocycles. The lowest BCUT2D eigenvalue weighted by atomic mass is 10.1. The van der Waals surface area contributed by atoms with Gasteiger partial charge in [-0.25, -0.2) is 4.79 Å². The summed E-state index contributed by atoms with van der Waals surface area (Å²) in [5, 5.41) is 4.60. The number of hydrogen-bond donors (Lipinski definition) is 1. The molecule has 0 fully saturated rings. The molecule has 2 aromatic carbocycles. The number of ether oxygens (including phenoxy) is 1. The fourth-order valence-corrected chi connectivity index (χ4v) is 3.45. The third kappa shape index (κ3) is 4.63. The molecule has 0 spiro atoms. The highest BCUT2D eigenvalue weighted by Gasteiger charge is 2.17. The van der Waals surface area contributed by atoms with Crippen LogP contribution in [0, 0.1) is 20.8 Å². The number of rotatable bonds is 5. The highest BCUT2D eigenvalue weighted by Crippen LogP contribution is 2.29. The summed E-state index contributed by atoms with van der Waals surface area (Å²) in [6, 6.07) is 15.5. The zero-order valence-corrected chi connectivity index (χ0v) is 16.4. The first-order valence-corrected chi connectivity index (χ1v) is 9.51. The van der Waals surface area contributed by atoms with Gasteiger partial charge in [-0.05, 0) is 61.0 Å². The van der Waals surface area contributed by atoms with Gasteiger partial charge in [-0.1, -0.05) is 35.9 Å². The van der Waals surface area contributed by atoms with Crippen molar-refractivity contribution in [3.8, 4) is 11.1 Å². The second-order valence-corrected chi connectivity index (χ2v) is 7.37. The van der Waals surface area contributed by atoms with Crippen LogP contribution in [0.4, 0.5) is 5.69 Å². The summed E-state index contributed by atoms with van der Waals surface area (Å²) in [6.07, 6.45) is 0. The van der Waals surface area contributed by atoms with Gasteiger partial charge in [0.2, 0.25) is 0 Å². The van der Waals surface area contributed by atoms with Crippen molar-refractivity contribution in [3.63, 3.8) is 0 Å². The molecule has 27 heavy (non-hydrogen) atoms. The van der Waals surface area contributed by atoms with Crippen molar-refractivity contribution in [2.45, 2.75) is 20.8 Å². The lowest BCUT2D eigenvalue weighted by molar-refractivity contribution is -0.119. The number of anilines is 1. The molecule has 3 aromatic rings. The number of thiophene rings is 1. The van der Waals surface area contributed by atoms with Gasteiger partial charge >= 0.3 is 5.97 Å². The monoisotopic (exact) mass is 379 g/mol. The Balaban J connectivity index is 1.63. The van der Waals surface area contributed by atoms with Crippen LogP contribution < -0.4 is 5.32 Å². The van der Waals surface area contributed by atoms with Crippen LogP contribution >= 0.6 is 11.3 Å². The number of carbonyl (C=O) groups excluding carboxylic acids is 2. The van der Waals surface area contributed by atoms with E-state index in [1.165, 1.54) is 11.3 Å². The summed E-state index contributed by atoms with van der Waals surface area (Å²) in [7, 11) is 0. The lowest BCUT2D eigenvalue weighted by Crippen LogP contribution is -2.20. The molecule has 0 unspecified atom stereocenters. The largest absolute Gasteiger partial charge is 0.451 e. The van der Waals surface area contributed by atoms with Crippen molar-refractivity contribution in [1.82, 2.24) is 0 Å². The summed E-state index contributed by atoms with van der Waals surface area (Å²) < 4.78 is 5.22. The fraction of sp³-hybridized carbons (Fsp3) is 0.182. The van der Waals surface area contributed by atoms with E-state index in [1.54, 1.807) is 0 Å². The van der Waals surface area contributed by atoms with E-state index in [2.05, 4.69) is 5.32 Å². The zero-order chi connectivity index (χ0) is 19.4. The van der Waals surface area contributed by atoms with Crippen LogP contribution in [0.1, 0.15) is 26.4 Å². The molecule has 138 valence electrons. The van der Waals surface area contributed by atoms with Crippen LogP contribution in [0.25, 0.3) is 11.1 Å². The van der Waals surface area contributed by atoms with Crippen LogP contribution in [0.5, 0.6) is 0 Å². The van der Waals surface area contributed by atoms with Gasteiger partial charge in [-0.2, -0.15) is 0 Å². The second-order valence-electron chi connectivity index (χ2n) is 6.45. The first-order valence-electron chi connectivity index (χ1n) is 8.63. The summed E-state index contributed by atoms with van der Waals surface area (Å²) >= 11 is 1.31. The number of aryl methyl sites for hydroxylation is 3. The minimum atomic E-state index is -0.490. The summed E-state index contributed by atoms with van der Waals surface area (Å²) in [6.45, 7) is 5.68. The van der Waals surface area contributed by atoms with Gasteiger partial charge in [-0.15, -0.1) is 11.3 Å². The van der Waals surface area contributed by atoms with E-state index in [4.69, 9.17) is 4.74 Å². The standard InChI is InChI=1S/C22H21NO3S/c1-14-4-7-17(8-5-14)19-10-11-27-21(19)22(25)26-13-20(24)23-18-9-6-15(2)16(3)12-18/h4-12H,13H2,1-3H3,(H,23,24). The summed E-state index contributed by atoms with van der Waals surface area (Å²) in [5.41, 5.74) is 5.86. The van der Waals surface area contributed by atoms with Crippen LogP contribution in [0.15, 0.2) is 53.9 Å². The Hall–Kier alpha value is -2.92. The van der Waals surface area contributed by atoms with E-state index >= 15 is 0 Å². The van der Waals surface area contributed by atoms with Crippen molar-refractivity contribution in [2.75, 3.05) is 11.9 Å². The second kappa shape index (κ2) is 8.18. The smallest absolute Gasteiger partial charge is 0.349 e. The predicted molar refractivity (Wildman–Crippen MR) is 109 cm³/mol. The Morgan fingerprint density at radius 2 is 1.70 bits per heavy atom. The molecule has 0 radical (unpaired) electrons. The quantitative estimate of drug-likeness (QED) is 0.625. The molecular weight excluding hydrogens is 358 g/mol. The van der Waals surface area contributed by atoms with E-state index in [-0.39, 0.29) is 12.5 Å². The predicted octanol–water partition coefficient (Wildman–Crippen LogP) is 5.14. The van der Waals surface area contributed by atoms with Crippen LogP contribution in [0.3, 0.4) is 0 Å². The maximum Gasteiger partial charge on any atom is 0.349 e. The maximum absolute atomic E-state index is 12.4. The van der Waals surface area contributed by atoms with Gasteiger partial charge in [0.25, 0.3) is 5.91 Å². The number of esters is 1. The van der Waals surface area contributed by atoms with Gasteiger partial charge in [-0.3, -0.25) is 4.79 Å². The average Bonchev–Trinajstić information content (AvgIpc) is 3.13. The Labute approximate surface area is 162 Å². The minimum absolute atomic E-state index is 0.322. The molecule has 1 N–H and O–H groups in total. The average molecular weight is 379 g/mol. The number of hydrogen-bond acceptors (Lipinski definition) is 4. The highest BCUT2D eigenvalue weighted by molar-refractivity contribution is 7.12. The normalized spacial score (nSPS) is 10.5. The van der Waals surface area contributed by atoms with Gasteiger partial charge in [0.1, 0.15) is 4.88 Å². The van der Waals surface area contributed by atoms with E-state index in [0.717, 1.165) is 27.8 Å². The molecule has 0 aliphatic rings. The van der Waals surface area contributed by atoms with Gasteiger partial charge in [0, 0.05) is 11.3 Å². The van der Waals surface area contributed by atoms with Crippen molar-refractivity contribution < 1.29 is 14.3 Å². The van der Waals surface area contributed by atoms with Crippen molar-refractivity contribution >= 4 is 28.9 Å². The van der Waals surface area contributed by atoms with E-state index in [1.807, 2.05) is 74.7 Å². The van der Waals surface area contributed by atoms with E-state index in [9.17, 15) is 9.59 Å². The third-order valence-corrected chi connectivity index (χ3v) is 5.23. The molecule has 5 heteroatoms. The van der Waals surface area contributed by atoms with Crippen LogP contribution in [-0.4, -0.2) is 18.5 Å². The molecule has 1 heterocycles. The molecule has 4 nitrogen and oxygen atoms in total. The highest BCUT2D eigenvalue weighted by atomic mass is 32.1. The minimum Gasteiger partial charge on any atom is -0.451 e. The number of benzene rings is 2. The lowest BCUT2D eigenvalue weighted by Gasteiger charge is -2.09. The van der Waals surface area contributed by atoms with E-state index < -0.39 is 5.97 Å². The molecule has 0 aliphatic heterocycles. The van der Waals surface area contributed by atoms with Crippen molar-refractivity contribution in [1.29, 1.82) is 0 Å². The Morgan fingerprint density at radius 1 is 0.963 bits per heavy atom. The van der Waals surface area contributed by atoms with Gasteiger partial charge in [0.05, 0.1) is 0 Å². The molecular formula is C22H21NO3S. The zero-order valence-electron chi connectivity index (χ0n) is 15.5. The molecule has 3 rings (SSSR count). The molecule has 0 atom stereocenters. The van der Waals surface area contributed by atoms with Gasteiger partial charge < -0.3 is 10.1 Å². The molecule has 0 saturated carbocycles. The molecule has 1 amide bonds. The topological polar surface area (TPSA) is 55.4 Å². The summed E-state index contributed by atoms with van der Waals surface area (Å²) in [5.74, 6) is -0.851. The fourth-order valence-electron chi connectivity index (χ4n) is 2.64. The van der Waals surface area contributed by atoms with Crippen LogP contribution in [-0.2, 0) is 9.53 Å². The maximum atomic E-state index is 12.4. The number of nitrogens with one attached hydrogen (secondary N) is 1. The van der Waals surface area contributed by atoms with Gasteiger partial charge in [0.15, 0.2) is 6.61 Å². The SMILES string of the molecule is Cc1ccc(-c2ccsc2C(=O)OCC(=O)Nc2ccc(C)c(C)c2)cc1. The molecule has 1 aromatic heterocycles. The third-order valence-electron chi connectivity index (χ3n) is 4.34. The van der Waals surface area contributed by atoms with E-state index in [0.29, 0.717) is 10.6 Å². The number of carbonyl (C=O) groups is 2. The van der Waals surface area contributed by atoms with Crippen molar-refractivity contribution in [3.05, 3.63) is 75.5 Å². The number of amides is 1. The Kier molecular flexibility index (Phi) is 5.72. The van der Waals surface area contributed by atoms with Crippen molar-refractivity contribution in [2.24, 2.45) is 0 Å². The van der Waals surface area contributed by atoms with Crippen LogP contribution in [0.2, 0.25) is 0 Å². The first-order chi connectivity index (χ1) is 12.9. The summed E-state index contributed by atoms with van der Waals surface area (Å²) in [4.78, 5) is 25.0. The molecule has 0 aliphatic carbocycles. The molecule has 0 bridgehead atoms. The Morgan fingerprint density at radius 3 is 2.41 bits per heavy atom. The first kappa shape index (κ1) is 18.9.